The van der Waals surface area contributed by atoms with E-state index in [2.05, 4.69) is 19.1 Å². The highest BCUT2D eigenvalue weighted by atomic mass is 32.2. The average Bonchev–Trinajstić information content (AvgIpc) is 3.20. The molecule has 27 heavy (non-hydrogen) atoms. The van der Waals surface area contributed by atoms with Crippen molar-refractivity contribution in [3.63, 3.8) is 0 Å². The lowest BCUT2D eigenvalue weighted by atomic mass is 9.78. The Kier molecular flexibility index (Phi) is 9.17. The van der Waals surface area contributed by atoms with Gasteiger partial charge in [0.05, 0.1) is 12.2 Å². The van der Waals surface area contributed by atoms with Crippen LogP contribution < -0.4 is 5.73 Å². The number of fused-ring (bicyclic) bond motifs is 2. The smallest absolute Gasteiger partial charge is 0.223 e. The summed E-state index contributed by atoms with van der Waals surface area (Å²) >= 11 is -0.717. The third kappa shape index (κ3) is 6.79. The molecule has 2 N–H and O–H groups in total. The fourth-order valence-electron chi connectivity index (χ4n) is 4.35. The maximum Gasteiger partial charge on any atom is 0.223 e. The first-order chi connectivity index (χ1) is 12.8. The Morgan fingerprint density at radius 2 is 1.89 bits per heavy atom. The summed E-state index contributed by atoms with van der Waals surface area (Å²) in [7, 11) is 0. The van der Waals surface area contributed by atoms with Crippen LogP contribution in [0.2, 0.25) is 0 Å². The minimum absolute atomic E-state index is 0.237. The lowest BCUT2D eigenvalue weighted by Crippen LogP contribution is -2.33. The molecule has 2 heterocycles. The molecule has 2 rings (SSSR count). The fraction of sp³-hybridized carbons (Fsp3) is 0.864. The predicted molar refractivity (Wildman–Crippen MR) is 113 cm³/mol. The average molecular weight is 398 g/mol. The van der Waals surface area contributed by atoms with Crippen LogP contribution in [0.1, 0.15) is 78.6 Å². The standard InChI is InChI=1S/C22H39NO3S/c1-4-5-6-10-15-27(25)16-18-17(19-12-13-20(18)26-19)11-8-7-9-14-22(2,3)21(23)24/h7-8,17-20H,4-6,9-16H2,1-3H3,(H2,23,24). The van der Waals surface area contributed by atoms with E-state index in [1.807, 2.05) is 13.8 Å². The lowest BCUT2D eigenvalue weighted by molar-refractivity contribution is -0.126. The van der Waals surface area contributed by atoms with Gasteiger partial charge in [-0.1, -0.05) is 56.9 Å². The van der Waals surface area contributed by atoms with Crippen LogP contribution >= 0.6 is 0 Å². The zero-order valence-corrected chi connectivity index (χ0v) is 18.3. The zero-order valence-electron chi connectivity index (χ0n) is 17.5. The largest absolute Gasteiger partial charge is 0.616 e. The molecule has 1 amide bonds. The number of carbonyl (C=O) groups is 1. The fourth-order valence-corrected chi connectivity index (χ4v) is 5.94. The summed E-state index contributed by atoms with van der Waals surface area (Å²) < 4.78 is 18.7. The summed E-state index contributed by atoms with van der Waals surface area (Å²) in [5.74, 6) is 2.36. The second-order valence-corrected chi connectivity index (χ2v) is 10.6. The van der Waals surface area contributed by atoms with E-state index in [1.165, 1.54) is 19.3 Å². The van der Waals surface area contributed by atoms with Crippen LogP contribution in [0.3, 0.4) is 0 Å². The van der Waals surface area contributed by atoms with Crippen LogP contribution in [-0.2, 0) is 20.7 Å². The summed E-state index contributed by atoms with van der Waals surface area (Å²) in [6.07, 6.45) is 14.8. The number of amides is 1. The van der Waals surface area contributed by atoms with Gasteiger partial charge in [-0.2, -0.15) is 0 Å². The molecule has 0 spiro atoms. The van der Waals surface area contributed by atoms with E-state index < -0.39 is 16.6 Å². The second kappa shape index (κ2) is 10.9. The van der Waals surface area contributed by atoms with Gasteiger partial charge in [-0.15, -0.1) is 0 Å². The molecule has 2 fully saturated rings. The minimum atomic E-state index is -0.717. The van der Waals surface area contributed by atoms with Crippen LogP contribution in [0.5, 0.6) is 0 Å². The summed E-state index contributed by atoms with van der Waals surface area (Å²) in [6.45, 7) is 6.01. The van der Waals surface area contributed by atoms with Gasteiger partial charge in [0.2, 0.25) is 5.91 Å². The van der Waals surface area contributed by atoms with Crippen LogP contribution in [0, 0.1) is 17.3 Å². The van der Waals surface area contributed by atoms with Crippen molar-refractivity contribution in [3.8, 4) is 0 Å². The third-order valence-corrected chi connectivity index (χ3v) is 7.87. The Morgan fingerprint density at radius 3 is 2.56 bits per heavy atom. The molecule has 0 aliphatic carbocycles. The minimum Gasteiger partial charge on any atom is -0.616 e. The van der Waals surface area contributed by atoms with E-state index in [1.54, 1.807) is 0 Å². The molecule has 0 radical (unpaired) electrons. The maximum absolute atomic E-state index is 12.5. The highest BCUT2D eigenvalue weighted by Gasteiger charge is 2.49. The molecule has 2 bridgehead atoms. The van der Waals surface area contributed by atoms with Gasteiger partial charge in [0.25, 0.3) is 0 Å². The Morgan fingerprint density at radius 1 is 1.19 bits per heavy atom. The lowest BCUT2D eigenvalue weighted by Gasteiger charge is -2.27. The molecule has 0 aromatic rings. The highest BCUT2D eigenvalue weighted by molar-refractivity contribution is 7.91. The third-order valence-electron chi connectivity index (χ3n) is 6.37. The van der Waals surface area contributed by atoms with Crippen molar-refractivity contribution in [1.82, 2.24) is 0 Å². The van der Waals surface area contributed by atoms with Crippen molar-refractivity contribution >= 4 is 17.1 Å². The normalized spacial score (nSPS) is 28.9. The monoisotopic (exact) mass is 397 g/mol. The zero-order chi connectivity index (χ0) is 19.9. The molecule has 2 aliphatic rings. The number of allylic oxidation sites excluding steroid dienone is 2. The molecule has 156 valence electrons. The number of primary amides is 1. The Bertz CT molecular complexity index is 494. The van der Waals surface area contributed by atoms with E-state index in [9.17, 15) is 9.35 Å². The van der Waals surface area contributed by atoms with Gasteiger partial charge < -0.3 is 15.0 Å². The summed E-state index contributed by atoms with van der Waals surface area (Å²) in [5, 5.41) is 0. The van der Waals surface area contributed by atoms with Gasteiger partial charge in [-0.25, -0.2) is 0 Å². The number of rotatable bonds is 13. The van der Waals surface area contributed by atoms with E-state index in [-0.39, 0.29) is 5.91 Å². The molecule has 0 saturated carbocycles. The van der Waals surface area contributed by atoms with Gasteiger partial charge in [0, 0.05) is 11.3 Å². The number of nitrogens with two attached hydrogens (primary N) is 1. The van der Waals surface area contributed by atoms with Gasteiger partial charge in [-0.05, 0) is 50.9 Å². The molecule has 5 unspecified atom stereocenters. The maximum atomic E-state index is 12.5. The van der Waals surface area contributed by atoms with Crippen molar-refractivity contribution < 1.29 is 14.1 Å². The number of hydrogen-bond donors (Lipinski definition) is 1. The van der Waals surface area contributed by atoms with E-state index in [0.29, 0.717) is 24.0 Å². The van der Waals surface area contributed by atoms with Crippen LogP contribution in [0.4, 0.5) is 0 Å². The summed E-state index contributed by atoms with van der Waals surface area (Å²) in [5.41, 5.74) is 4.99. The number of carbonyl (C=O) groups excluding carboxylic acids is 1. The topological polar surface area (TPSA) is 75.4 Å². The van der Waals surface area contributed by atoms with Crippen molar-refractivity contribution in [2.45, 2.75) is 90.8 Å². The Labute approximate surface area is 168 Å². The molecular formula is C22H39NO3S. The van der Waals surface area contributed by atoms with Crippen molar-refractivity contribution in [1.29, 1.82) is 0 Å². The second-order valence-electron chi connectivity index (χ2n) is 8.98. The highest BCUT2D eigenvalue weighted by Crippen LogP contribution is 2.45. The molecule has 5 atom stereocenters. The number of hydrogen-bond acceptors (Lipinski definition) is 3. The first kappa shape index (κ1) is 22.8. The van der Waals surface area contributed by atoms with Crippen molar-refractivity contribution in [2.24, 2.45) is 23.0 Å². The number of ether oxygens (including phenoxy) is 1. The first-order valence-electron chi connectivity index (χ1n) is 10.8. The predicted octanol–water partition coefficient (Wildman–Crippen LogP) is 4.35. The molecule has 0 aromatic heterocycles. The van der Waals surface area contributed by atoms with Gasteiger partial charge >= 0.3 is 0 Å². The summed E-state index contributed by atoms with van der Waals surface area (Å²) in [6, 6.07) is 0. The Balaban J connectivity index is 1.77. The SMILES string of the molecule is CCCCCC[S+]([O-])CC1C2CCC(O2)C1CC=CCCC(C)(C)C(N)=O. The van der Waals surface area contributed by atoms with Crippen LogP contribution in [0.25, 0.3) is 0 Å². The molecule has 2 aliphatic heterocycles. The van der Waals surface area contributed by atoms with E-state index in [0.717, 1.165) is 50.0 Å². The summed E-state index contributed by atoms with van der Waals surface area (Å²) in [4.78, 5) is 11.4. The van der Waals surface area contributed by atoms with Crippen LogP contribution in [0.15, 0.2) is 12.2 Å². The van der Waals surface area contributed by atoms with Gasteiger partial charge in [-0.3, -0.25) is 4.79 Å². The van der Waals surface area contributed by atoms with Gasteiger partial charge in [0.1, 0.15) is 11.5 Å². The molecule has 0 aromatic carbocycles. The van der Waals surface area contributed by atoms with Crippen LogP contribution in [-0.4, -0.2) is 34.2 Å². The van der Waals surface area contributed by atoms with E-state index >= 15 is 0 Å². The van der Waals surface area contributed by atoms with Gasteiger partial charge in [0.15, 0.2) is 0 Å². The van der Waals surface area contributed by atoms with E-state index in [4.69, 9.17) is 10.5 Å². The molecule has 5 heteroatoms. The molecule has 4 nitrogen and oxygen atoms in total. The van der Waals surface area contributed by atoms with Crippen molar-refractivity contribution in [3.05, 3.63) is 12.2 Å². The molecule has 2 saturated heterocycles. The van der Waals surface area contributed by atoms with Crippen molar-refractivity contribution in [2.75, 3.05) is 11.5 Å². The molecular weight excluding hydrogens is 358 g/mol. The quantitative estimate of drug-likeness (QED) is 0.285. The number of unbranched alkanes of at least 4 members (excludes halogenated alkanes) is 3. The Hall–Kier alpha value is -0.520. The first-order valence-corrected chi connectivity index (χ1v) is 12.3.